The summed E-state index contributed by atoms with van der Waals surface area (Å²) < 4.78 is 0. The Balaban J connectivity index is 2.70. The van der Waals surface area contributed by atoms with Crippen LogP contribution in [0.3, 0.4) is 0 Å². The fourth-order valence-electron chi connectivity index (χ4n) is 2.53. The van der Waals surface area contributed by atoms with E-state index in [4.69, 9.17) is 5.73 Å². The van der Waals surface area contributed by atoms with Gasteiger partial charge >= 0.3 is 0 Å². The number of amides is 1. The second-order valence-electron chi connectivity index (χ2n) is 5.83. The van der Waals surface area contributed by atoms with Crippen LogP contribution in [0, 0.1) is 16.7 Å². The first kappa shape index (κ1) is 12.2. The molecule has 0 radical (unpaired) electrons. The minimum absolute atomic E-state index is 0.169. The van der Waals surface area contributed by atoms with Crippen molar-refractivity contribution in [1.82, 2.24) is 0 Å². The molecule has 15 heavy (non-hydrogen) atoms. The molecule has 1 amide bonds. The molecular formula is C12H21NO2. The summed E-state index contributed by atoms with van der Waals surface area (Å²) in [6.07, 6.45) is 4.47. The molecule has 1 saturated carbocycles. The summed E-state index contributed by atoms with van der Waals surface area (Å²) in [6, 6.07) is 0. The number of aldehydes is 1. The van der Waals surface area contributed by atoms with E-state index in [0.29, 0.717) is 5.41 Å². The number of rotatable bonds is 6. The van der Waals surface area contributed by atoms with Crippen molar-refractivity contribution in [3.63, 3.8) is 0 Å². The van der Waals surface area contributed by atoms with Gasteiger partial charge in [0.25, 0.3) is 0 Å². The van der Waals surface area contributed by atoms with E-state index in [1.165, 1.54) is 12.8 Å². The summed E-state index contributed by atoms with van der Waals surface area (Å²) in [4.78, 5) is 21.8. The van der Waals surface area contributed by atoms with Gasteiger partial charge in [-0.3, -0.25) is 4.79 Å². The summed E-state index contributed by atoms with van der Waals surface area (Å²) in [7, 11) is 0. The smallest absolute Gasteiger partial charge is 0.221 e. The molecule has 1 fully saturated rings. The molecule has 0 aliphatic heterocycles. The highest BCUT2D eigenvalue weighted by Crippen LogP contribution is 2.54. The molecule has 2 N–H and O–H groups in total. The molecule has 0 aromatic heterocycles. The SMILES string of the molecule is CC1(CC(C)(C)C(CC=O)C(N)=O)CC1. The number of carbonyl (C=O) groups excluding carboxylic acids is 2. The zero-order valence-electron chi connectivity index (χ0n) is 9.88. The second-order valence-corrected chi connectivity index (χ2v) is 5.83. The highest BCUT2D eigenvalue weighted by molar-refractivity contribution is 5.80. The van der Waals surface area contributed by atoms with Crippen molar-refractivity contribution in [2.45, 2.75) is 46.5 Å². The van der Waals surface area contributed by atoms with Gasteiger partial charge < -0.3 is 10.5 Å². The van der Waals surface area contributed by atoms with Crippen LogP contribution in [0.5, 0.6) is 0 Å². The number of nitrogens with two attached hydrogens (primary N) is 1. The Hall–Kier alpha value is -0.860. The molecule has 1 rings (SSSR count). The first-order chi connectivity index (χ1) is 6.81. The van der Waals surface area contributed by atoms with Crippen molar-refractivity contribution in [2.75, 3.05) is 0 Å². The van der Waals surface area contributed by atoms with Crippen molar-refractivity contribution < 1.29 is 9.59 Å². The fourth-order valence-corrected chi connectivity index (χ4v) is 2.53. The summed E-state index contributed by atoms with van der Waals surface area (Å²) in [6.45, 7) is 6.30. The van der Waals surface area contributed by atoms with Crippen LogP contribution in [0.15, 0.2) is 0 Å². The first-order valence-corrected chi connectivity index (χ1v) is 5.54. The molecule has 0 aromatic carbocycles. The summed E-state index contributed by atoms with van der Waals surface area (Å²) in [5, 5.41) is 0. The average Bonchev–Trinajstić information content (AvgIpc) is 2.76. The van der Waals surface area contributed by atoms with E-state index in [2.05, 4.69) is 6.92 Å². The van der Waals surface area contributed by atoms with Crippen molar-refractivity contribution >= 4 is 12.2 Å². The minimum Gasteiger partial charge on any atom is -0.369 e. The van der Waals surface area contributed by atoms with Crippen LogP contribution in [0.1, 0.15) is 46.5 Å². The van der Waals surface area contributed by atoms with Crippen LogP contribution in [0.25, 0.3) is 0 Å². The highest BCUT2D eigenvalue weighted by atomic mass is 16.1. The number of carbonyl (C=O) groups is 2. The van der Waals surface area contributed by atoms with E-state index in [-0.39, 0.29) is 23.7 Å². The molecule has 1 aliphatic carbocycles. The van der Waals surface area contributed by atoms with Gasteiger partial charge in [-0.25, -0.2) is 0 Å². The van der Waals surface area contributed by atoms with Crippen LogP contribution in [0.4, 0.5) is 0 Å². The Bertz CT molecular complexity index is 267. The predicted molar refractivity (Wildman–Crippen MR) is 59.1 cm³/mol. The Morgan fingerprint density at radius 2 is 2.07 bits per heavy atom. The van der Waals surface area contributed by atoms with Crippen LogP contribution in [-0.4, -0.2) is 12.2 Å². The van der Waals surface area contributed by atoms with Gasteiger partial charge in [0.2, 0.25) is 5.91 Å². The van der Waals surface area contributed by atoms with Gasteiger partial charge in [-0.1, -0.05) is 20.8 Å². The van der Waals surface area contributed by atoms with Gasteiger partial charge in [0, 0.05) is 12.3 Å². The number of hydrogen-bond donors (Lipinski definition) is 1. The molecule has 86 valence electrons. The highest BCUT2D eigenvalue weighted by Gasteiger charge is 2.45. The van der Waals surface area contributed by atoms with Crippen molar-refractivity contribution in [1.29, 1.82) is 0 Å². The number of hydrogen-bond acceptors (Lipinski definition) is 2. The Kier molecular flexibility index (Phi) is 3.22. The van der Waals surface area contributed by atoms with E-state index in [1.807, 2.05) is 13.8 Å². The predicted octanol–water partition coefficient (Wildman–Crippen LogP) is 1.89. The normalized spacial score (nSPS) is 20.7. The van der Waals surface area contributed by atoms with E-state index < -0.39 is 0 Å². The van der Waals surface area contributed by atoms with Crippen molar-refractivity contribution in [2.24, 2.45) is 22.5 Å². The van der Waals surface area contributed by atoms with E-state index in [1.54, 1.807) is 0 Å². The standard InChI is InChI=1S/C12H21NO2/c1-11(2,8-12(3)5-6-12)9(4-7-14)10(13)15/h7,9H,4-6,8H2,1-3H3,(H2,13,15). The van der Waals surface area contributed by atoms with Crippen LogP contribution in [-0.2, 0) is 9.59 Å². The van der Waals surface area contributed by atoms with E-state index in [0.717, 1.165) is 12.7 Å². The topological polar surface area (TPSA) is 60.2 Å². The third-order valence-corrected chi connectivity index (χ3v) is 3.60. The largest absolute Gasteiger partial charge is 0.369 e. The second kappa shape index (κ2) is 3.95. The van der Waals surface area contributed by atoms with Gasteiger partial charge in [0.1, 0.15) is 6.29 Å². The lowest BCUT2D eigenvalue weighted by molar-refractivity contribution is -0.128. The lowest BCUT2D eigenvalue weighted by Gasteiger charge is -2.33. The monoisotopic (exact) mass is 211 g/mol. The number of primary amides is 1. The zero-order chi connectivity index (χ0) is 11.7. The molecule has 0 aromatic rings. The minimum atomic E-state index is -0.351. The Labute approximate surface area is 91.4 Å². The molecule has 0 heterocycles. The van der Waals surface area contributed by atoms with Gasteiger partial charge in [-0.05, 0) is 30.1 Å². The lowest BCUT2D eigenvalue weighted by atomic mass is 9.70. The summed E-state index contributed by atoms with van der Waals surface area (Å²) in [5.41, 5.74) is 5.56. The molecule has 1 aliphatic rings. The molecular weight excluding hydrogens is 190 g/mol. The van der Waals surface area contributed by atoms with E-state index >= 15 is 0 Å². The third-order valence-electron chi connectivity index (χ3n) is 3.60. The zero-order valence-corrected chi connectivity index (χ0v) is 9.88. The maximum absolute atomic E-state index is 11.3. The maximum Gasteiger partial charge on any atom is 0.221 e. The lowest BCUT2D eigenvalue weighted by Crippen LogP contribution is -2.37. The van der Waals surface area contributed by atoms with Crippen LogP contribution in [0.2, 0.25) is 0 Å². The molecule has 0 bridgehead atoms. The maximum atomic E-state index is 11.3. The molecule has 0 saturated heterocycles. The fraction of sp³-hybridized carbons (Fsp3) is 0.833. The molecule has 1 atom stereocenters. The van der Waals surface area contributed by atoms with Crippen LogP contribution < -0.4 is 5.73 Å². The van der Waals surface area contributed by atoms with E-state index in [9.17, 15) is 9.59 Å². The van der Waals surface area contributed by atoms with Gasteiger partial charge in [-0.15, -0.1) is 0 Å². The average molecular weight is 211 g/mol. The quantitative estimate of drug-likeness (QED) is 0.682. The third kappa shape index (κ3) is 3.05. The molecule has 1 unspecified atom stereocenters. The Morgan fingerprint density at radius 3 is 2.40 bits per heavy atom. The van der Waals surface area contributed by atoms with Crippen molar-refractivity contribution in [3.8, 4) is 0 Å². The van der Waals surface area contributed by atoms with Gasteiger partial charge in [-0.2, -0.15) is 0 Å². The Morgan fingerprint density at radius 1 is 1.53 bits per heavy atom. The van der Waals surface area contributed by atoms with Crippen LogP contribution >= 0.6 is 0 Å². The molecule has 3 heteroatoms. The van der Waals surface area contributed by atoms with Gasteiger partial charge in [0.15, 0.2) is 0 Å². The van der Waals surface area contributed by atoms with Crippen molar-refractivity contribution in [3.05, 3.63) is 0 Å². The summed E-state index contributed by atoms with van der Waals surface area (Å²) in [5.74, 6) is -0.677. The first-order valence-electron chi connectivity index (χ1n) is 5.54. The molecule has 3 nitrogen and oxygen atoms in total. The van der Waals surface area contributed by atoms with Gasteiger partial charge in [0.05, 0.1) is 0 Å². The summed E-state index contributed by atoms with van der Waals surface area (Å²) >= 11 is 0. The molecule has 0 spiro atoms.